The lowest BCUT2D eigenvalue weighted by Gasteiger charge is -2.22. The number of hydrogen-bond acceptors (Lipinski definition) is 4. The summed E-state index contributed by atoms with van der Waals surface area (Å²) in [6.07, 6.45) is 2.23. The van der Waals surface area contributed by atoms with Crippen molar-refractivity contribution in [3.63, 3.8) is 0 Å². The smallest absolute Gasteiger partial charge is 0.253 e. The number of aromatic nitrogens is 2. The maximum absolute atomic E-state index is 12.3. The lowest BCUT2D eigenvalue weighted by Crippen LogP contribution is -2.31. The highest BCUT2D eigenvalue weighted by Gasteiger charge is 2.24. The van der Waals surface area contributed by atoms with Crippen molar-refractivity contribution in [2.75, 3.05) is 19.7 Å². The average Bonchev–Trinajstić information content (AvgIpc) is 3.28. The highest BCUT2D eigenvalue weighted by atomic mass is 16.3. The van der Waals surface area contributed by atoms with Gasteiger partial charge >= 0.3 is 0 Å². The summed E-state index contributed by atoms with van der Waals surface area (Å²) in [6, 6.07) is 14.5. The van der Waals surface area contributed by atoms with Crippen molar-refractivity contribution in [2.24, 2.45) is 0 Å². The summed E-state index contributed by atoms with van der Waals surface area (Å²) in [5.74, 6) is 0.870. The van der Waals surface area contributed by atoms with E-state index >= 15 is 0 Å². The van der Waals surface area contributed by atoms with Crippen molar-refractivity contribution in [1.82, 2.24) is 19.8 Å². The SMILES string of the molecule is O=C1NCCn2c(-c3ccc(CN4CCC[C@@H]4CO)cc3)nc3cccc1c32. The number of carbonyl (C=O) groups is 1. The van der Waals surface area contributed by atoms with Crippen LogP contribution in [0.4, 0.5) is 0 Å². The number of aliphatic hydroxyl groups excluding tert-OH is 1. The summed E-state index contributed by atoms with van der Waals surface area (Å²) >= 11 is 0. The molecule has 0 bridgehead atoms. The van der Waals surface area contributed by atoms with E-state index in [1.807, 2.05) is 18.2 Å². The van der Waals surface area contributed by atoms with Crippen LogP contribution in [0, 0.1) is 0 Å². The third-order valence-electron chi connectivity index (χ3n) is 5.94. The Balaban J connectivity index is 1.48. The van der Waals surface area contributed by atoms with E-state index in [9.17, 15) is 9.90 Å². The normalized spacial score (nSPS) is 19.8. The molecule has 1 amide bonds. The van der Waals surface area contributed by atoms with E-state index in [-0.39, 0.29) is 18.6 Å². The van der Waals surface area contributed by atoms with Crippen LogP contribution in [0.2, 0.25) is 0 Å². The van der Waals surface area contributed by atoms with Gasteiger partial charge in [0, 0.05) is 31.2 Å². The number of rotatable bonds is 4. The molecular formula is C22H24N4O2. The van der Waals surface area contributed by atoms with Gasteiger partial charge in [0.25, 0.3) is 5.91 Å². The van der Waals surface area contributed by atoms with Crippen LogP contribution < -0.4 is 5.32 Å². The van der Waals surface area contributed by atoms with Crippen molar-refractivity contribution in [3.05, 3.63) is 53.6 Å². The van der Waals surface area contributed by atoms with Crippen LogP contribution in [-0.2, 0) is 13.1 Å². The second-order valence-corrected chi connectivity index (χ2v) is 7.66. The minimum atomic E-state index is -0.0322. The van der Waals surface area contributed by atoms with Crippen LogP contribution in [0.25, 0.3) is 22.4 Å². The lowest BCUT2D eigenvalue weighted by molar-refractivity contribution is 0.0956. The van der Waals surface area contributed by atoms with Crippen LogP contribution in [0.5, 0.6) is 0 Å². The number of imidazole rings is 1. The second-order valence-electron chi connectivity index (χ2n) is 7.66. The van der Waals surface area contributed by atoms with E-state index in [4.69, 9.17) is 4.98 Å². The number of benzene rings is 2. The van der Waals surface area contributed by atoms with E-state index in [0.717, 1.165) is 48.4 Å². The van der Waals surface area contributed by atoms with Crippen molar-refractivity contribution in [1.29, 1.82) is 0 Å². The molecule has 6 nitrogen and oxygen atoms in total. The summed E-state index contributed by atoms with van der Waals surface area (Å²) in [6.45, 7) is 3.46. The summed E-state index contributed by atoms with van der Waals surface area (Å²) in [7, 11) is 0. The molecule has 1 saturated heterocycles. The van der Waals surface area contributed by atoms with Crippen LogP contribution in [0.15, 0.2) is 42.5 Å². The minimum absolute atomic E-state index is 0.0322. The van der Waals surface area contributed by atoms with E-state index in [1.54, 1.807) is 0 Å². The standard InChI is InChI=1S/C22H24N4O2/c27-14-17-3-2-11-25(17)13-15-6-8-16(9-7-15)21-24-19-5-1-4-18-20(19)26(21)12-10-23-22(18)28/h1,4-9,17,27H,2-3,10-14H2,(H,23,28)/t17-/m1/s1. The van der Waals surface area contributed by atoms with Gasteiger partial charge in [-0.3, -0.25) is 9.69 Å². The van der Waals surface area contributed by atoms with Gasteiger partial charge in [-0.1, -0.05) is 30.3 Å². The Morgan fingerprint density at radius 2 is 2.00 bits per heavy atom. The van der Waals surface area contributed by atoms with Gasteiger partial charge in [-0.05, 0) is 37.1 Å². The van der Waals surface area contributed by atoms with Crippen molar-refractivity contribution < 1.29 is 9.90 Å². The topological polar surface area (TPSA) is 70.4 Å². The fourth-order valence-electron chi connectivity index (χ4n) is 4.49. The monoisotopic (exact) mass is 376 g/mol. The highest BCUT2D eigenvalue weighted by Crippen LogP contribution is 2.29. The van der Waals surface area contributed by atoms with E-state index in [0.29, 0.717) is 18.7 Å². The molecule has 1 atom stereocenters. The molecule has 2 aromatic carbocycles. The van der Waals surface area contributed by atoms with Crippen molar-refractivity contribution in [3.8, 4) is 11.4 Å². The van der Waals surface area contributed by atoms with Gasteiger partial charge in [-0.2, -0.15) is 0 Å². The number of carbonyl (C=O) groups excluding carboxylic acids is 1. The molecule has 5 rings (SSSR count). The number of hydrogen-bond donors (Lipinski definition) is 2. The highest BCUT2D eigenvalue weighted by molar-refractivity contribution is 6.06. The number of likely N-dealkylation sites (tertiary alicyclic amines) is 1. The Kier molecular flexibility index (Phi) is 4.37. The number of nitrogens with zero attached hydrogens (tertiary/aromatic N) is 3. The average molecular weight is 376 g/mol. The first kappa shape index (κ1) is 17.4. The molecule has 1 fully saturated rings. The van der Waals surface area contributed by atoms with Crippen molar-refractivity contribution >= 4 is 16.9 Å². The molecule has 1 aromatic heterocycles. The Morgan fingerprint density at radius 1 is 1.14 bits per heavy atom. The molecule has 0 spiro atoms. The molecule has 28 heavy (non-hydrogen) atoms. The zero-order valence-electron chi connectivity index (χ0n) is 15.8. The Labute approximate surface area is 163 Å². The lowest BCUT2D eigenvalue weighted by atomic mass is 10.1. The van der Waals surface area contributed by atoms with Crippen LogP contribution in [0.1, 0.15) is 28.8 Å². The van der Waals surface area contributed by atoms with Crippen LogP contribution >= 0.6 is 0 Å². The van der Waals surface area contributed by atoms with Gasteiger partial charge in [0.05, 0.1) is 23.2 Å². The largest absolute Gasteiger partial charge is 0.395 e. The van der Waals surface area contributed by atoms with E-state index in [2.05, 4.69) is 39.0 Å². The number of aliphatic hydroxyl groups is 1. The number of para-hydroxylation sites is 1. The summed E-state index contributed by atoms with van der Waals surface area (Å²) < 4.78 is 2.15. The first-order valence-corrected chi connectivity index (χ1v) is 9.96. The predicted octanol–water partition coefficient (Wildman–Crippen LogP) is 2.40. The van der Waals surface area contributed by atoms with Crippen LogP contribution in [0.3, 0.4) is 0 Å². The second kappa shape index (κ2) is 7.04. The molecule has 0 unspecified atom stereocenters. The number of nitrogens with one attached hydrogen (secondary N) is 1. The van der Waals surface area contributed by atoms with Gasteiger partial charge in [0.15, 0.2) is 0 Å². The maximum atomic E-state index is 12.3. The molecule has 0 saturated carbocycles. The Bertz CT molecular complexity index is 1020. The molecule has 0 radical (unpaired) electrons. The molecular weight excluding hydrogens is 352 g/mol. The summed E-state index contributed by atoms with van der Waals surface area (Å²) in [4.78, 5) is 19.5. The fourth-order valence-corrected chi connectivity index (χ4v) is 4.49. The summed E-state index contributed by atoms with van der Waals surface area (Å²) in [5.41, 5.74) is 4.76. The van der Waals surface area contributed by atoms with E-state index < -0.39 is 0 Å². The third kappa shape index (κ3) is 2.89. The van der Waals surface area contributed by atoms with Crippen LogP contribution in [-0.4, -0.2) is 51.2 Å². The molecule has 0 aliphatic carbocycles. The summed E-state index contributed by atoms with van der Waals surface area (Å²) in [5, 5.41) is 12.5. The Hall–Kier alpha value is -2.70. The zero-order chi connectivity index (χ0) is 19.1. The molecule has 3 aromatic rings. The zero-order valence-corrected chi connectivity index (χ0v) is 15.8. The Morgan fingerprint density at radius 3 is 2.82 bits per heavy atom. The molecule has 2 aliphatic rings. The van der Waals surface area contributed by atoms with Crippen molar-refractivity contribution in [2.45, 2.75) is 32.0 Å². The molecule has 6 heteroatoms. The molecule has 2 N–H and O–H groups in total. The first-order valence-electron chi connectivity index (χ1n) is 9.96. The van der Waals surface area contributed by atoms with Gasteiger partial charge < -0.3 is 15.0 Å². The third-order valence-corrected chi connectivity index (χ3v) is 5.94. The maximum Gasteiger partial charge on any atom is 0.253 e. The minimum Gasteiger partial charge on any atom is -0.395 e. The van der Waals surface area contributed by atoms with E-state index in [1.165, 1.54) is 5.56 Å². The molecule has 3 heterocycles. The van der Waals surface area contributed by atoms with Gasteiger partial charge in [-0.25, -0.2) is 4.98 Å². The quantitative estimate of drug-likeness (QED) is 0.734. The molecule has 144 valence electrons. The molecule has 2 aliphatic heterocycles. The van der Waals surface area contributed by atoms with Gasteiger partial charge in [0.1, 0.15) is 5.82 Å². The first-order chi connectivity index (χ1) is 13.7. The number of amides is 1. The fraction of sp³-hybridized carbons (Fsp3) is 0.364. The van der Waals surface area contributed by atoms with Gasteiger partial charge in [-0.15, -0.1) is 0 Å². The predicted molar refractivity (Wildman–Crippen MR) is 108 cm³/mol. The van der Waals surface area contributed by atoms with Gasteiger partial charge in [0.2, 0.25) is 0 Å².